The predicted molar refractivity (Wildman–Crippen MR) is 109 cm³/mol. The molecule has 2 N–H and O–H groups in total. The number of carbonyl (C=O) groups is 2. The van der Waals surface area contributed by atoms with Crippen LogP contribution in [0.15, 0.2) is 84.0 Å². The number of benzene rings is 3. The average Bonchev–Trinajstić information content (AvgIpc) is 2.74. The van der Waals surface area contributed by atoms with Crippen molar-refractivity contribution in [2.45, 2.75) is 12.8 Å². The first-order valence-electron chi connectivity index (χ1n) is 8.87. The van der Waals surface area contributed by atoms with Crippen molar-refractivity contribution in [3.8, 4) is 5.75 Å². The number of hydrazone groups is 1. The number of amides is 1. The zero-order chi connectivity index (χ0) is 19.9. The van der Waals surface area contributed by atoms with E-state index in [0.29, 0.717) is 16.7 Å². The zero-order valence-electron chi connectivity index (χ0n) is 15.4. The minimum absolute atomic E-state index is 0.0588. The second-order valence-corrected chi connectivity index (χ2v) is 6.33. The summed E-state index contributed by atoms with van der Waals surface area (Å²) in [7, 11) is 0. The number of para-hydroxylation sites is 1. The van der Waals surface area contributed by atoms with Crippen LogP contribution in [0, 0.1) is 0 Å². The number of carbonyl (C=O) groups excluding carboxylic acids is 2. The molecule has 0 spiro atoms. The fourth-order valence-corrected chi connectivity index (χ4v) is 2.69. The van der Waals surface area contributed by atoms with Gasteiger partial charge in [-0.25, -0.2) is 5.43 Å². The van der Waals surface area contributed by atoms with Crippen LogP contribution in [0.2, 0.25) is 0 Å². The van der Waals surface area contributed by atoms with Gasteiger partial charge in [0.15, 0.2) is 5.78 Å². The molecule has 3 rings (SSSR count). The normalized spacial score (nSPS) is 11.9. The van der Waals surface area contributed by atoms with E-state index in [1.165, 1.54) is 6.21 Å². The van der Waals surface area contributed by atoms with Gasteiger partial charge in [0.25, 0.3) is 0 Å². The van der Waals surface area contributed by atoms with Crippen LogP contribution in [-0.4, -0.2) is 23.0 Å². The Morgan fingerprint density at radius 1 is 0.893 bits per heavy atom. The van der Waals surface area contributed by atoms with Crippen molar-refractivity contribution in [1.29, 1.82) is 0 Å². The molecule has 5 nitrogen and oxygen atoms in total. The van der Waals surface area contributed by atoms with Crippen molar-refractivity contribution < 1.29 is 14.7 Å². The van der Waals surface area contributed by atoms with Gasteiger partial charge in [-0.05, 0) is 24.6 Å². The van der Waals surface area contributed by atoms with Crippen molar-refractivity contribution in [1.82, 2.24) is 5.43 Å². The minimum Gasteiger partial charge on any atom is -0.507 e. The smallest absolute Gasteiger partial charge is 0.247 e. The Hall–Kier alpha value is -3.73. The molecule has 0 aromatic heterocycles. The van der Waals surface area contributed by atoms with Crippen LogP contribution in [0.5, 0.6) is 5.75 Å². The summed E-state index contributed by atoms with van der Waals surface area (Å²) in [6.45, 7) is 1.76. The Morgan fingerprint density at radius 3 is 2.18 bits per heavy atom. The van der Waals surface area contributed by atoms with Crippen molar-refractivity contribution in [2.75, 3.05) is 0 Å². The highest BCUT2D eigenvalue weighted by Gasteiger charge is 2.16. The molecule has 0 aliphatic carbocycles. The van der Waals surface area contributed by atoms with Gasteiger partial charge in [-0.2, -0.15) is 5.10 Å². The van der Waals surface area contributed by atoms with Gasteiger partial charge in [0.1, 0.15) is 5.75 Å². The number of phenols is 1. The van der Waals surface area contributed by atoms with E-state index in [1.807, 2.05) is 18.2 Å². The molecule has 0 bridgehead atoms. The van der Waals surface area contributed by atoms with Crippen LogP contribution in [0.4, 0.5) is 0 Å². The molecule has 0 aliphatic rings. The lowest BCUT2D eigenvalue weighted by Crippen LogP contribution is -2.23. The first-order chi connectivity index (χ1) is 13.6. The van der Waals surface area contributed by atoms with Crippen molar-refractivity contribution in [3.05, 3.63) is 101 Å². The number of nitrogens with zero attached hydrogens (tertiary/aromatic N) is 1. The SMILES string of the molecule is CC(C(=O)N/N=C/c1ccccc1O)c1ccc(C(=O)c2ccccc2)cc1. The van der Waals surface area contributed by atoms with Gasteiger partial charge in [-0.1, -0.05) is 66.7 Å². The molecule has 1 unspecified atom stereocenters. The summed E-state index contributed by atoms with van der Waals surface area (Å²) in [5.41, 5.74) is 4.96. The Morgan fingerprint density at radius 2 is 1.50 bits per heavy atom. The fourth-order valence-electron chi connectivity index (χ4n) is 2.69. The van der Waals surface area contributed by atoms with Crippen LogP contribution < -0.4 is 5.43 Å². The van der Waals surface area contributed by atoms with E-state index in [9.17, 15) is 14.7 Å². The molecule has 1 atom stereocenters. The van der Waals surface area contributed by atoms with Crippen molar-refractivity contribution in [3.63, 3.8) is 0 Å². The highest BCUT2D eigenvalue weighted by Crippen LogP contribution is 2.18. The number of phenolic OH excluding ortho intramolecular Hbond substituents is 1. The number of ketones is 1. The second kappa shape index (κ2) is 8.77. The molecule has 3 aromatic rings. The molecule has 0 heterocycles. The van der Waals surface area contributed by atoms with E-state index in [2.05, 4.69) is 10.5 Å². The summed E-state index contributed by atoms with van der Waals surface area (Å²) in [6.07, 6.45) is 1.39. The number of hydrogen-bond donors (Lipinski definition) is 2. The van der Waals surface area contributed by atoms with Gasteiger partial charge < -0.3 is 5.11 Å². The quantitative estimate of drug-likeness (QED) is 0.392. The number of rotatable bonds is 6. The molecule has 0 fully saturated rings. The summed E-state index contributed by atoms with van der Waals surface area (Å²) in [4.78, 5) is 24.8. The number of hydrogen-bond acceptors (Lipinski definition) is 4. The lowest BCUT2D eigenvalue weighted by molar-refractivity contribution is -0.122. The fraction of sp³-hybridized carbons (Fsp3) is 0.0870. The Bertz CT molecular complexity index is 996. The van der Waals surface area contributed by atoms with E-state index in [4.69, 9.17) is 0 Å². The molecule has 140 valence electrons. The first kappa shape index (κ1) is 19.0. The highest BCUT2D eigenvalue weighted by molar-refractivity contribution is 6.09. The summed E-state index contributed by atoms with van der Waals surface area (Å²) >= 11 is 0. The first-order valence-corrected chi connectivity index (χ1v) is 8.87. The summed E-state index contributed by atoms with van der Waals surface area (Å²) in [5, 5.41) is 13.6. The Kier molecular flexibility index (Phi) is 5.97. The van der Waals surface area contributed by atoms with E-state index < -0.39 is 5.92 Å². The molecular weight excluding hydrogens is 352 g/mol. The average molecular weight is 372 g/mol. The van der Waals surface area contributed by atoms with E-state index in [0.717, 1.165) is 5.56 Å². The van der Waals surface area contributed by atoms with Crippen LogP contribution in [-0.2, 0) is 4.79 Å². The third-order valence-corrected chi connectivity index (χ3v) is 4.42. The molecule has 0 radical (unpaired) electrons. The molecule has 0 saturated carbocycles. The zero-order valence-corrected chi connectivity index (χ0v) is 15.4. The molecule has 0 saturated heterocycles. The van der Waals surface area contributed by atoms with Crippen molar-refractivity contribution in [2.24, 2.45) is 5.10 Å². The minimum atomic E-state index is -0.442. The van der Waals surface area contributed by atoms with Crippen LogP contribution in [0.3, 0.4) is 0 Å². The molecule has 3 aromatic carbocycles. The maximum absolute atomic E-state index is 12.4. The van der Waals surface area contributed by atoms with E-state index >= 15 is 0 Å². The largest absolute Gasteiger partial charge is 0.507 e. The predicted octanol–water partition coefficient (Wildman–Crippen LogP) is 3.88. The van der Waals surface area contributed by atoms with Gasteiger partial charge >= 0.3 is 0 Å². The van der Waals surface area contributed by atoms with E-state index in [1.54, 1.807) is 67.6 Å². The van der Waals surface area contributed by atoms with E-state index in [-0.39, 0.29) is 17.4 Å². The van der Waals surface area contributed by atoms with Gasteiger partial charge in [0.2, 0.25) is 5.91 Å². The summed E-state index contributed by atoms with van der Waals surface area (Å²) < 4.78 is 0. The standard InChI is InChI=1S/C23H20N2O3/c1-16(23(28)25-24-15-20-9-5-6-10-21(20)26)17-11-13-19(14-12-17)22(27)18-7-3-2-4-8-18/h2-16,26H,1H3,(H,25,28)/b24-15+. The summed E-state index contributed by atoms with van der Waals surface area (Å²) in [6, 6.07) is 22.8. The van der Waals surface area contributed by atoms with Gasteiger partial charge in [0.05, 0.1) is 12.1 Å². The topological polar surface area (TPSA) is 78.8 Å². The number of aromatic hydroxyl groups is 1. The van der Waals surface area contributed by atoms with Crippen LogP contribution in [0.1, 0.15) is 39.9 Å². The van der Waals surface area contributed by atoms with Gasteiger partial charge in [0, 0.05) is 16.7 Å². The van der Waals surface area contributed by atoms with Crippen LogP contribution >= 0.6 is 0 Å². The van der Waals surface area contributed by atoms with Crippen molar-refractivity contribution >= 4 is 17.9 Å². The monoisotopic (exact) mass is 372 g/mol. The maximum Gasteiger partial charge on any atom is 0.247 e. The van der Waals surface area contributed by atoms with Gasteiger partial charge in [-0.3, -0.25) is 9.59 Å². The third kappa shape index (κ3) is 4.51. The highest BCUT2D eigenvalue weighted by atomic mass is 16.3. The molecule has 5 heteroatoms. The molecule has 0 aliphatic heterocycles. The van der Waals surface area contributed by atoms with Crippen LogP contribution in [0.25, 0.3) is 0 Å². The third-order valence-electron chi connectivity index (χ3n) is 4.42. The second-order valence-electron chi connectivity index (χ2n) is 6.33. The maximum atomic E-state index is 12.4. The Labute approximate surface area is 163 Å². The molecule has 28 heavy (non-hydrogen) atoms. The summed E-state index contributed by atoms with van der Waals surface area (Å²) in [5.74, 6) is -0.694. The molecular formula is C23H20N2O3. The lowest BCUT2D eigenvalue weighted by Gasteiger charge is -2.11. The molecule has 1 amide bonds. The Balaban J connectivity index is 1.64. The van der Waals surface area contributed by atoms with Gasteiger partial charge in [-0.15, -0.1) is 0 Å². The number of nitrogens with one attached hydrogen (secondary N) is 1. The lowest BCUT2D eigenvalue weighted by atomic mass is 9.96.